The van der Waals surface area contributed by atoms with Gasteiger partial charge in [-0.2, -0.15) is 0 Å². The highest BCUT2D eigenvalue weighted by atomic mass is 35.5. The standard InChI is InChI=1S/C21H23ClN4O2S/c1-25(12-7-13-29-17-11-6-5-10-16(17)22)18-19(23)26(21(28)24-20(18)27)14-15-8-3-2-4-9-15/h2-6,8-11H,7,12-14,23H2,1H3,(H,24,27,28). The lowest BCUT2D eigenvalue weighted by Crippen LogP contribution is -2.37. The van der Waals surface area contributed by atoms with Crippen molar-refractivity contribution in [3.8, 4) is 0 Å². The zero-order valence-corrected chi connectivity index (χ0v) is 17.7. The van der Waals surface area contributed by atoms with E-state index < -0.39 is 11.2 Å². The van der Waals surface area contributed by atoms with Crippen LogP contribution in [0.5, 0.6) is 0 Å². The molecule has 1 heterocycles. The summed E-state index contributed by atoms with van der Waals surface area (Å²) in [6, 6.07) is 17.2. The highest BCUT2D eigenvalue weighted by molar-refractivity contribution is 7.99. The fraction of sp³-hybridized carbons (Fsp3) is 0.238. The van der Waals surface area contributed by atoms with Crippen LogP contribution in [0.3, 0.4) is 0 Å². The van der Waals surface area contributed by atoms with E-state index in [0.29, 0.717) is 18.8 Å². The number of H-pyrrole nitrogens is 1. The summed E-state index contributed by atoms with van der Waals surface area (Å²) < 4.78 is 1.39. The van der Waals surface area contributed by atoms with Crippen LogP contribution in [-0.2, 0) is 6.54 Å². The predicted molar refractivity (Wildman–Crippen MR) is 121 cm³/mol. The van der Waals surface area contributed by atoms with Gasteiger partial charge < -0.3 is 10.6 Å². The Morgan fingerprint density at radius 1 is 1.10 bits per heavy atom. The molecular weight excluding hydrogens is 408 g/mol. The Hall–Kier alpha value is -2.64. The number of halogens is 1. The van der Waals surface area contributed by atoms with Crippen molar-refractivity contribution >= 4 is 34.9 Å². The van der Waals surface area contributed by atoms with Crippen LogP contribution in [0.1, 0.15) is 12.0 Å². The molecule has 0 atom stereocenters. The number of nitrogens with one attached hydrogen (secondary N) is 1. The Morgan fingerprint density at radius 3 is 2.52 bits per heavy atom. The molecule has 152 valence electrons. The molecule has 0 aliphatic carbocycles. The number of anilines is 2. The molecule has 2 aromatic carbocycles. The minimum atomic E-state index is -0.511. The quantitative estimate of drug-likeness (QED) is 0.422. The molecule has 0 radical (unpaired) electrons. The number of benzene rings is 2. The number of nitrogens with zero attached hydrogens (tertiary/aromatic N) is 2. The molecular formula is C21H23ClN4O2S. The maximum atomic E-state index is 12.4. The SMILES string of the molecule is CN(CCCSc1ccccc1Cl)c1c(N)n(Cc2ccccc2)c(=O)[nH]c1=O. The minimum Gasteiger partial charge on any atom is -0.383 e. The first kappa shape index (κ1) is 21.1. The third-order valence-electron chi connectivity index (χ3n) is 4.51. The molecule has 3 N–H and O–H groups in total. The van der Waals surface area contributed by atoms with Crippen LogP contribution in [-0.4, -0.2) is 28.9 Å². The van der Waals surface area contributed by atoms with Gasteiger partial charge in [-0.15, -0.1) is 11.8 Å². The van der Waals surface area contributed by atoms with E-state index >= 15 is 0 Å². The lowest BCUT2D eigenvalue weighted by Gasteiger charge is -2.22. The van der Waals surface area contributed by atoms with Gasteiger partial charge in [-0.3, -0.25) is 14.3 Å². The third-order valence-corrected chi connectivity index (χ3v) is 6.11. The number of hydrogen-bond acceptors (Lipinski definition) is 5. The third kappa shape index (κ3) is 5.25. The van der Waals surface area contributed by atoms with Crippen LogP contribution in [0.15, 0.2) is 69.1 Å². The molecule has 6 nitrogen and oxygen atoms in total. The van der Waals surface area contributed by atoms with Crippen LogP contribution >= 0.6 is 23.4 Å². The molecule has 0 bridgehead atoms. The molecule has 8 heteroatoms. The van der Waals surface area contributed by atoms with E-state index in [0.717, 1.165) is 27.7 Å². The summed E-state index contributed by atoms with van der Waals surface area (Å²) >= 11 is 7.85. The minimum absolute atomic E-state index is 0.170. The van der Waals surface area contributed by atoms with Crippen molar-refractivity contribution in [3.63, 3.8) is 0 Å². The summed E-state index contributed by atoms with van der Waals surface area (Å²) in [5, 5.41) is 0.736. The number of nitrogens with two attached hydrogens (primary N) is 1. The highest BCUT2D eigenvalue weighted by Crippen LogP contribution is 2.27. The second kappa shape index (κ2) is 9.71. The van der Waals surface area contributed by atoms with E-state index in [1.807, 2.05) is 54.6 Å². The maximum absolute atomic E-state index is 12.4. The largest absolute Gasteiger partial charge is 0.383 e. The van der Waals surface area contributed by atoms with E-state index in [1.165, 1.54) is 4.57 Å². The van der Waals surface area contributed by atoms with E-state index in [2.05, 4.69) is 4.98 Å². The molecule has 0 unspecified atom stereocenters. The first-order valence-corrected chi connectivity index (χ1v) is 10.6. The number of rotatable bonds is 8. The molecule has 3 rings (SSSR count). The van der Waals surface area contributed by atoms with Gasteiger partial charge in [0.05, 0.1) is 11.6 Å². The maximum Gasteiger partial charge on any atom is 0.330 e. The molecule has 3 aromatic rings. The average molecular weight is 431 g/mol. The van der Waals surface area contributed by atoms with Gasteiger partial charge in [0.1, 0.15) is 11.5 Å². The van der Waals surface area contributed by atoms with E-state index in [4.69, 9.17) is 17.3 Å². The number of hydrogen-bond donors (Lipinski definition) is 2. The van der Waals surface area contributed by atoms with Gasteiger partial charge in [0.2, 0.25) is 0 Å². The topological polar surface area (TPSA) is 84.1 Å². The fourth-order valence-corrected chi connectivity index (χ4v) is 4.20. The Bertz CT molecular complexity index is 1080. The molecule has 0 fully saturated rings. The fourth-order valence-electron chi connectivity index (χ4n) is 3.03. The van der Waals surface area contributed by atoms with Gasteiger partial charge in [0, 0.05) is 18.5 Å². The summed E-state index contributed by atoms with van der Waals surface area (Å²) in [7, 11) is 1.80. The average Bonchev–Trinajstić information content (AvgIpc) is 2.70. The first-order valence-electron chi connectivity index (χ1n) is 9.22. The number of nitrogen functional groups attached to an aromatic ring is 1. The van der Waals surface area contributed by atoms with Crippen molar-refractivity contribution in [2.24, 2.45) is 0 Å². The Balaban J connectivity index is 1.70. The normalized spacial score (nSPS) is 10.8. The summed E-state index contributed by atoms with van der Waals surface area (Å²) in [4.78, 5) is 29.9. The summed E-state index contributed by atoms with van der Waals surface area (Å²) in [5.41, 5.74) is 6.48. The number of thioether (sulfide) groups is 1. The zero-order chi connectivity index (χ0) is 20.8. The van der Waals surface area contributed by atoms with E-state index in [-0.39, 0.29) is 5.82 Å². The Labute approximate surface area is 178 Å². The number of aromatic nitrogens is 2. The molecule has 0 spiro atoms. The predicted octanol–water partition coefficient (Wildman–Crippen LogP) is 3.44. The molecule has 0 aliphatic rings. The smallest absolute Gasteiger partial charge is 0.330 e. The van der Waals surface area contributed by atoms with Crippen molar-refractivity contribution in [3.05, 3.63) is 86.0 Å². The monoisotopic (exact) mass is 430 g/mol. The molecule has 29 heavy (non-hydrogen) atoms. The van der Waals surface area contributed by atoms with E-state index in [1.54, 1.807) is 23.7 Å². The highest BCUT2D eigenvalue weighted by Gasteiger charge is 2.16. The summed E-state index contributed by atoms with van der Waals surface area (Å²) in [6.07, 6.45) is 0.823. The van der Waals surface area contributed by atoms with Crippen LogP contribution in [0.4, 0.5) is 11.5 Å². The second-order valence-electron chi connectivity index (χ2n) is 6.62. The second-order valence-corrected chi connectivity index (χ2v) is 8.16. The van der Waals surface area contributed by atoms with Crippen molar-refractivity contribution in [2.45, 2.75) is 17.9 Å². The molecule has 0 saturated carbocycles. The van der Waals surface area contributed by atoms with Gasteiger partial charge in [0.15, 0.2) is 0 Å². The zero-order valence-electron chi connectivity index (χ0n) is 16.1. The van der Waals surface area contributed by atoms with Crippen molar-refractivity contribution in [1.29, 1.82) is 0 Å². The lowest BCUT2D eigenvalue weighted by molar-refractivity contribution is 0.724. The van der Waals surface area contributed by atoms with Crippen molar-refractivity contribution in [1.82, 2.24) is 9.55 Å². The van der Waals surface area contributed by atoms with Crippen LogP contribution < -0.4 is 21.9 Å². The molecule has 0 aliphatic heterocycles. The van der Waals surface area contributed by atoms with Crippen LogP contribution in [0, 0.1) is 0 Å². The van der Waals surface area contributed by atoms with Crippen molar-refractivity contribution < 1.29 is 0 Å². The Morgan fingerprint density at radius 2 is 1.79 bits per heavy atom. The summed E-state index contributed by atoms with van der Waals surface area (Å²) in [6.45, 7) is 0.916. The van der Waals surface area contributed by atoms with Gasteiger partial charge in [0.25, 0.3) is 5.56 Å². The molecule has 1 aromatic heterocycles. The van der Waals surface area contributed by atoms with Crippen LogP contribution in [0.25, 0.3) is 0 Å². The number of aromatic amines is 1. The summed E-state index contributed by atoms with van der Waals surface area (Å²) in [5.74, 6) is 1.01. The van der Waals surface area contributed by atoms with Crippen molar-refractivity contribution in [2.75, 3.05) is 30.0 Å². The molecule has 0 saturated heterocycles. The van der Waals surface area contributed by atoms with Crippen LogP contribution in [0.2, 0.25) is 5.02 Å². The first-order chi connectivity index (χ1) is 14.0. The Kier molecular flexibility index (Phi) is 7.06. The van der Waals surface area contributed by atoms with Gasteiger partial charge in [-0.05, 0) is 29.9 Å². The van der Waals surface area contributed by atoms with E-state index in [9.17, 15) is 9.59 Å². The molecule has 0 amide bonds. The van der Waals surface area contributed by atoms with Gasteiger partial charge in [-0.25, -0.2) is 4.79 Å². The van der Waals surface area contributed by atoms with Gasteiger partial charge >= 0.3 is 5.69 Å². The van der Waals surface area contributed by atoms with Gasteiger partial charge in [-0.1, -0.05) is 54.1 Å². The lowest BCUT2D eigenvalue weighted by atomic mass is 10.2.